The maximum Gasteiger partial charge on any atom is 0.410 e. The van der Waals surface area contributed by atoms with Gasteiger partial charge in [0.25, 0.3) is 0 Å². The van der Waals surface area contributed by atoms with Crippen LogP contribution >= 0.6 is 0 Å². The van der Waals surface area contributed by atoms with Crippen molar-refractivity contribution >= 4 is 6.09 Å². The van der Waals surface area contributed by atoms with Crippen molar-refractivity contribution in [3.8, 4) is 0 Å². The Labute approximate surface area is 116 Å². The summed E-state index contributed by atoms with van der Waals surface area (Å²) in [6.07, 6.45) is 6.02. The van der Waals surface area contributed by atoms with Crippen molar-refractivity contribution < 1.29 is 9.53 Å². The number of hydrogen-bond acceptors (Lipinski definition) is 3. The molecule has 1 aliphatic heterocycles. The molecule has 1 saturated heterocycles. The molecule has 0 radical (unpaired) electrons. The fourth-order valence-electron chi connectivity index (χ4n) is 2.93. The van der Waals surface area contributed by atoms with Crippen LogP contribution in [0.3, 0.4) is 0 Å². The molecule has 4 heteroatoms. The summed E-state index contributed by atoms with van der Waals surface area (Å²) in [5.74, 6) is 1.29. The lowest BCUT2D eigenvalue weighted by molar-refractivity contribution is 0.0285. The molecule has 0 aromatic heterocycles. The van der Waals surface area contributed by atoms with Crippen LogP contribution in [0, 0.1) is 11.8 Å². The molecule has 2 unspecified atom stereocenters. The van der Waals surface area contributed by atoms with Crippen LogP contribution in [0.25, 0.3) is 0 Å². The lowest BCUT2D eigenvalue weighted by Crippen LogP contribution is -2.38. The van der Waals surface area contributed by atoms with Crippen LogP contribution in [0.4, 0.5) is 4.79 Å². The van der Waals surface area contributed by atoms with E-state index >= 15 is 0 Å². The van der Waals surface area contributed by atoms with Gasteiger partial charge in [0, 0.05) is 19.1 Å². The van der Waals surface area contributed by atoms with Gasteiger partial charge in [-0.2, -0.15) is 0 Å². The van der Waals surface area contributed by atoms with Gasteiger partial charge in [-0.3, -0.25) is 0 Å². The van der Waals surface area contributed by atoms with Gasteiger partial charge in [0.2, 0.25) is 0 Å². The van der Waals surface area contributed by atoms with E-state index in [4.69, 9.17) is 10.5 Å². The van der Waals surface area contributed by atoms with Crippen LogP contribution < -0.4 is 5.73 Å². The summed E-state index contributed by atoms with van der Waals surface area (Å²) >= 11 is 0. The van der Waals surface area contributed by atoms with Crippen molar-refractivity contribution in [1.29, 1.82) is 0 Å². The van der Waals surface area contributed by atoms with Gasteiger partial charge in [-0.25, -0.2) is 4.79 Å². The van der Waals surface area contributed by atoms with Crippen molar-refractivity contribution in [3.05, 3.63) is 0 Å². The lowest BCUT2D eigenvalue weighted by atomic mass is 9.78. The predicted molar refractivity (Wildman–Crippen MR) is 75.8 cm³/mol. The highest BCUT2D eigenvalue weighted by atomic mass is 16.6. The Kier molecular flexibility index (Phi) is 4.39. The Hall–Kier alpha value is -0.770. The third-order valence-corrected chi connectivity index (χ3v) is 4.31. The Bertz CT molecular complexity index is 321. The van der Waals surface area contributed by atoms with Crippen LogP contribution in [0.5, 0.6) is 0 Å². The first-order valence-corrected chi connectivity index (χ1v) is 7.58. The third-order valence-electron chi connectivity index (χ3n) is 4.31. The van der Waals surface area contributed by atoms with E-state index in [1.54, 1.807) is 0 Å². The zero-order chi connectivity index (χ0) is 14.0. The molecule has 1 saturated carbocycles. The van der Waals surface area contributed by atoms with Crippen LogP contribution in [-0.2, 0) is 4.74 Å². The molecule has 0 aromatic rings. The van der Waals surface area contributed by atoms with E-state index in [9.17, 15) is 4.79 Å². The molecule has 1 aliphatic carbocycles. The van der Waals surface area contributed by atoms with Crippen molar-refractivity contribution in [2.45, 2.75) is 64.5 Å². The molecular formula is C15H28N2O2. The summed E-state index contributed by atoms with van der Waals surface area (Å²) in [5, 5.41) is 0. The third kappa shape index (κ3) is 4.10. The predicted octanol–water partition coefficient (Wildman–Crippen LogP) is 2.76. The van der Waals surface area contributed by atoms with Crippen LogP contribution in [-0.4, -0.2) is 35.7 Å². The molecule has 2 atom stereocenters. The lowest BCUT2D eigenvalue weighted by Gasteiger charge is -2.30. The molecule has 2 rings (SSSR count). The number of rotatable bonds is 3. The van der Waals surface area contributed by atoms with Gasteiger partial charge in [-0.15, -0.1) is 0 Å². The molecule has 19 heavy (non-hydrogen) atoms. The molecule has 1 heterocycles. The second kappa shape index (κ2) is 5.70. The summed E-state index contributed by atoms with van der Waals surface area (Å²) in [7, 11) is 0. The number of nitrogens with zero attached hydrogens (tertiary/aromatic N) is 1. The highest BCUT2D eigenvalue weighted by molar-refractivity contribution is 5.68. The zero-order valence-electron chi connectivity index (χ0n) is 12.5. The number of likely N-dealkylation sites (tertiary alicyclic amines) is 1. The summed E-state index contributed by atoms with van der Waals surface area (Å²) < 4.78 is 5.41. The Balaban J connectivity index is 1.77. The first-order chi connectivity index (χ1) is 8.85. The van der Waals surface area contributed by atoms with Crippen molar-refractivity contribution in [1.82, 2.24) is 4.90 Å². The maximum atomic E-state index is 12.0. The van der Waals surface area contributed by atoms with Gasteiger partial charge in [0.05, 0.1) is 0 Å². The molecule has 1 amide bonds. The Morgan fingerprint density at radius 1 is 1.37 bits per heavy atom. The molecule has 0 aromatic carbocycles. The molecule has 2 aliphatic rings. The number of hydrogen-bond donors (Lipinski definition) is 1. The van der Waals surface area contributed by atoms with Crippen molar-refractivity contribution in [3.63, 3.8) is 0 Å². The number of nitrogens with two attached hydrogens (primary N) is 1. The van der Waals surface area contributed by atoms with Gasteiger partial charge in [-0.1, -0.05) is 19.3 Å². The molecule has 2 N–H and O–H groups in total. The Morgan fingerprint density at radius 3 is 2.58 bits per heavy atom. The largest absolute Gasteiger partial charge is 0.444 e. The SMILES string of the molecule is CC(C)(C)OC(=O)N1CCC(C(N)CC2CCC2)C1. The summed E-state index contributed by atoms with van der Waals surface area (Å²) in [6, 6.07) is 0.248. The van der Waals surface area contributed by atoms with Gasteiger partial charge < -0.3 is 15.4 Å². The second-order valence-corrected chi connectivity index (χ2v) is 7.17. The monoisotopic (exact) mass is 268 g/mol. The van der Waals surface area contributed by atoms with Crippen LogP contribution in [0.2, 0.25) is 0 Å². The van der Waals surface area contributed by atoms with E-state index < -0.39 is 5.60 Å². The van der Waals surface area contributed by atoms with Gasteiger partial charge in [0.1, 0.15) is 5.60 Å². The van der Waals surface area contributed by atoms with Crippen molar-refractivity contribution in [2.24, 2.45) is 17.6 Å². The van der Waals surface area contributed by atoms with Crippen molar-refractivity contribution in [2.75, 3.05) is 13.1 Å². The molecule has 110 valence electrons. The Morgan fingerprint density at radius 2 is 2.05 bits per heavy atom. The minimum absolute atomic E-state index is 0.189. The molecular weight excluding hydrogens is 240 g/mol. The number of carbonyl (C=O) groups is 1. The minimum atomic E-state index is -0.413. The molecule has 0 bridgehead atoms. The van der Waals surface area contributed by atoms with E-state index in [1.807, 2.05) is 25.7 Å². The first-order valence-electron chi connectivity index (χ1n) is 7.58. The summed E-state index contributed by atoms with van der Waals surface area (Å²) in [4.78, 5) is 13.8. The minimum Gasteiger partial charge on any atom is -0.444 e. The number of carbonyl (C=O) groups excluding carboxylic acids is 1. The molecule has 2 fully saturated rings. The molecule has 4 nitrogen and oxygen atoms in total. The topological polar surface area (TPSA) is 55.6 Å². The normalized spacial score (nSPS) is 26.1. The fourth-order valence-corrected chi connectivity index (χ4v) is 2.93. The number of ether oxygens (including phenoxy) is 1. The average molecular weight is 268 g/mol. The van der Waals surface area contributed by atoms with E-state index in [0.717, 1.165) is 31.8 Å². The highest BCUT2D eigenvalue weighted by Gasteiger charge is 2.34. The standard InChI is InChI=1S/C15H28N2O2/c1-15(2,3)19-14(18)17-8-7-12(10-17)13(16)9-11-5-4-6-11/h11-13H,4-10,16H2,1-3H3. The average Bonchev–Trinajstić information content (AvgIpc) is 2.69. The van der Waals surface area contributed by atoms with Gasteiger partial charge in [0.15, 0.2) is 0 Å². The summed E-state index contributed by atoms with van der Waals surface area (Å²) in [6.45, 7) is 7.27. The van der Waals surface area contributed by atoms with Gasteiger partial charge in [-0.05, 0) is 45.4 Å². The van der Waals surface area contributed by atoms with E-state index in [1.165, 1.54) is 19.3 Å². The number of amides is 1. The van der Waals surface area contributed by atoms with E-state index in [-0.39, 0.29) is 12.1 Å². The summed E-state index contributed by atoms with van der Waals surface area (Å²) in [5.41, 5.74) is 5.89. The second-order valence-electron chi connectivity index (χ2n) is 7.17. The fraction of sp³-hybridized carbons (Fsp3) is 0.933. The molecule has 0 spiro atoms. The quantitative estimate of drug-likeness (QED) is 0.856. The smallest absolute Gasteiger partial charge is 0.410 e. The van der Waals surface area contributed by atoms with Crippen LogP contribution in [0.15, 0.2) is 0 Å². The zero-order valence-corrected chi connectivity index (χ0v) is 12.5. The highest BCUT2D eigenvalue weighted by Crippen LogP contribution is 2.33. The van der Waals surface area contributed by atoms with Gasteiger partial charge >= 0.3 is 6.09 Å². The van der Waals surface area contributed by atoms with Crippen LogP contribution in [0.1, 0.15) is 52.9 Å². The van der Waals surface area contributed by atoms with E-state index in [0.29, 0.717) is 5.92 Å². The maximum absolute atomic E-state index is 12.0. The first kappa shape index (κ1) is 14.6. The van der Waals surface area contributed by atoms with E-state index in [2.05, 4.69) is 0 Å².